The van der Waals surface area contributed by atoms with Gasteiger partial charge in [0.1, 0.15) is 0 Å². The number of fused-ring (bicyclic) bond motifs is 6. The van der Waals surface area contributed by atoms with Gasteiger partial charge >= 0.3 is 57.4 Å². The van der Waals surface area contributed by atoms with Crippen molar-refractivity contribution in [2.45, 2.75) is 56.1 Å². The molecule has 126 valence electrons. The molecule has 1 aliphatic carbocycles. The molecule has 2 bridgehead atoms. The van der Waals surface area contributed by atoms with Gasteiger partial charge in [0.2, 0.25) is 0 Å². The number of carbonyl (C=O) groups is 2. The van der Waals surface area contributed by atoms with Crippen LogP contribution in [-0.4, -0.2) is 60.4 Å². The summed E-state index contributed by atoms with van der Waals surface area (Å²) in [5.74, 6) is 0.643. The number of ether oxygens (including phenoxy) is 2. The van der Waals surface area contributed by atoms with E-state index in [9.17, 15) is 14.7 Å². The number of carbonyl (C=O) groups excluding carboxylic acids is 2. The van der Waals surface area contributed by atoms with E-state index in [-0.39, 0.29) is 69.6 Å². The van der Waals surface area contributed by atoms with Gasteiger partial charge in [-0.3, -0.25) is 0 Å². The number of hydrogen-bond acceptors (Lipinski definition) is 5. The van der Waals surface area contributed by atoms with Gasteiger partial charge in [-0.2, -0.15) is 0 Å². The Balaban J connectivity index is 0.00000146. The van der Waals surface area contributed by atoms with Crippen LogP contribution in [-0.2, 0) is 14.3 Å². The van der Waals surface area contributed by atoms with Crippen molar-refractivity contribution in [3.63, 3.8) is 0 Å². The first kappa shape index (κ1) is 17.7. The molecule has 5 fully saturated rings. The Bertz CT molecular complexity index is 561. The second kappa shape index (κ2) is 6.47. The third kappa shape index (κ3) is 2.69. The number of urea groups is 1. The van der Waals surface area contributed by atoms with Gasteiger partial charge < -0.3 is 29.6 Å². The molecule has 0 spiro atoms. The number of amides is 2. The van der Waals surface area contributed by atoms with Crippen LogP contribution in [0.5, 0.6) is 0 Å². The topological polar surface area (TPSA) is 90.9 Å². The van der Waals surface area contributed by atoms with Crippen molar-refractivity contribution in [3.05, 3.63) is 0 Å². The maximum atomic E-state index is 12.6. The second-order valence-electron chi connectivity index (χ2n) is 7.63. The van der Waals surface area contributed by atoms with Crippen LogP contribution < -0.4 is 61.8 Å². The number of aliphatic carboxylic acids is 1. The Morgan fingerprint density at radius 2 is 2.00 bits per heavy atom. The summed E-state index contributed by atoms with van der Waals surface area (Å²) in [5, 5.41) is 14.3. The van der Waals surface area contributed by atoms with Crippen LogP contribution in [0.25, 0.3) is 0 Å². The summed E-state index contributed by atoms with van der Waals surface area (Å²) >= 11 is 0. The van der Waals surface area contributed by atoms with Crippen molar-refractivity contribution < 1.29 is 75.6 Å². The van der Waals surface area contributed by atoms with Crippen molar-refractivity contribution in [1.29, 1.82) is 0 Å². The average Bonchev–Trinajstić information content (AvgIpc) is 2.88. The van der Waals surface area contributed by atoms with E-state index < -0.39 is 12.0 Å². The van der Waals surface area contributed by atoms with E-state index in [1.807, 2.05) is 0 Å². The molecule has 2 amide bonds. The standard InChI is InChI=1S/C16H22N2O5.K/c19-15(20)11-5-13-10(1-2-22-13)18(11)16(21)17-6-7-3-12-8-4-9(8)14(7)23-12;/h7-14H,1-6H2,(H,17,21)(H,19,20);/q;+1/p-1/t7-,8+,9-,10-,11-,12-,13-,14+;/m0./s1. The zero-order valence-corrected chi connectivity index (χ0v) is 17.0. The molecule has 5 rings (SSSR count). The molecule has 1 saturated carbocycles. The van der Waals surface area contributed by atoms with E-state index in [4.69, 9.17) is 9.47 Å². The predicted octanol–water partition coefficient (Wildman–Crippen LogP) is -3.89. The van der Waals surface area contributed by atoms with Crippen LogP contribution in [0.15, 0.2) is 0 Å². The van der Waals surface area contributed by atoms with Crippen LogP contribution in [0, 0.1) is 17.8 Å². The van der Waals surface area contributed by atoms with Gasteiger partial charge in [-0.05, 0) is 31.1 Å². The summed E-state index contributed by atoms with van der Waals surface area (Å²) in [6.45, 7) is 1.15. The first-order valence-electron chi connectivity index (χ1n) is 8.67. The van der Waals surface area contributed by atoms with E-state index >= 15 is 0 Å². The zero-order valence-electron chi connectivity index (χ0n) is 13.8. The van der Waals surface area contributed by atoms with Crippen LogP contribution in [0.1, 0.15) is 25.7 Å². The molecular formula is C16H21KN2O5. The van der Waals surface area contributed by atoms with E-state index in [1.54, 1.807) is 0 Å². The van der Waals surface area contributed by atoms with Crippen molar-refractivity contribution in [2.75, 3.05) is 13.2 Å². The fraction of sp³-hybridized carbons (Fsp3) is 0.875. The predicted molar refractivity (Wildman–Crippen MR) is 75.2 cm³/mol. The van der Waals surface area contributed by atoms with E-state index in [0.29, 0.717) is 50.0 Å². The van der Waals surface area contributed by atoms with Crippen molar-refractivity contribution in [3.8, 4) is 0 Å². The van der Waals surface area contributed by atoms with Gasteiger partial charge in [0.05, 0.1) is 36.4 Å². The summed E-state index contributed by atoms with van der Waals surface area (Å²) in [5.41, 5.74) is 0. The molecule has 8 heteroatoms. The molecule has 4 aliphatic heterocycles. The molecule has 8 atom stereocenters. The minimum absolute atomic E-state index is 0. The van der Waals surface area contributed by atoms with E-state index in [2.05, 4.69) is 5.32 Å². The third-order valence-electron chi connectivity index (χ3n) is 6.47. The molecule has 0 unspecified atom stereocenters. The summed E-state index contributed by atoms with van der Waals surface area (Å²) < 4.78 is 11.5. The Kier molecular flexibility index (Phi) is 4.77. The van der Waals surface area contributed by atoms with Crippen molar-refractivity contribution in [1.82, 2.24) is 10.2 Å². The van der Waals surface area contributed by atoms with Crippen molar-refractivity contribution >= 4 is 12.0 Å². The average molecular weight is 360 g/mol. The molecule has 4 saturated heterocycles. The van der Waals surface area contributed by atoms with Gasteiger partial charge in [0.15, 0.2) is 0 Å². The molecule has 24 heavy (non-hydrogen) atoms. The first-order valence-corrected chi connectivity index (χ1v) is 8.67. The smallest absolute Gasteiger partial charge is 0.548 e. The molecular weight excluding hydrogens is 339 g/mol. The molecule has 0 aromatic heterocycles. The van der Waals surface area contributed by atoms with E-state index in [1.165, 1.54) is 11.3 Å². The normalized spacial score (nSPS) is 47.1. The maximum absolute atomic E-state index is 12.6. The SMILES string of the molecule is O=C([O-])[C@@H]1C[C@@H]2OCC[C@@H]2N1C(=O)NC[C@@H]1C[C@@H]2O[C@H]1[C@H]1C[C@H]12.[K+]. The second-order valence-corrected chi connectivity index (χ2v) is 7.63. The summed E-state index contributed by atoms with van der Waals surface area (Å²) in [7, 11) is 0. The molecule has 0 aromatic carbocycles. The van der Waals surface area contributed by atoms with Crippen molar-refractivity contribution in [2.24, 2.45) is 17.8 Å². The van der Waals surface area contributed by atoms with E-state index in [0.717, 1.165) is 12.3 Å². The van der Waals surface area contributed by atoms with Crippen LogP contribution in [0.4, 0.5) is 4.79 Å². The first-order chi connectivity index (χ1) is 11.1. The van der Waals surface area contributed by atoms with Gasteiger partial charge in [-0.25, -0.2) is 4.79 Å². The monoisotopic (exact) mass is 360 g/mol. The van der Waals surface area contributed by atoms with Gasteiger partial charge in [-0.15, -0.1) is 0 Å². The number of rotatable bonds is 3. The fourth-order valence-electron chi connectivity index (χ4n) is 5.32. The quantitative estimate of drug-likeness (QED) is 0.520. The molecule has 5 aliphatic rings. The maximum Gasteiger partial charge on any atom is 1.00 e. The molecule has 4 heterocycles. The summed E-state index contributed by atoms with van der Waals surface area (Å²) in [4.78, 5) is 25.4. The van der Waals surface area contributed by atoms with Gasteiger partial charge in [0.25, 0.3) is 0 Å². The Hall–Kier alpha value is 0.296. The number of carboxylic acids is 1. The van der Waals surface area contributed by atoms with Crippen LogP contribution in [0.2, 0.25) is 0 Å². The van der Waals surface area contributed by atoms with Gasteiger partial charge in [-0.1, -0.05) is 0 Å². The molecule has 0 radical (unpaired) electrons. The molecule has 7 nitrogen and oxygen atoms in total. The largest absolute Gasteiger partial charge is 1.00 e. The Morgan fingerprint density at radius 3 is 2.71 bits per heavy atom. The molecule has 1 N–H and O–H groups in total. The van der Waals surface area contributed by atoms with Crippen LogP contribution in [0.3, 0.4) is 0 Å². The number of nitrogens with zero attached hydrogens (tertiary/aromatic N) is 1. The molecule has 0 aromatic rings. The zero-order chi connectivity index (χ0) is 15.7. The van der Waals surface area contributed by atoms with Gasteiger partial charge in [0, 0.05) is 25.5 Å². The van der Waals surface area contributed by atoms with Crippen LogP contribution >= 0.6 is 0 Å². The number of carboxylic acid groups (broad SMARTS) is 1. The Morgan fingerprint density at radius 1 is 1.17 bits per heavy atom. The fourth-order valence-corrected chi connectivity index (χ4v) is 5.32. The minimum Gasteiger partial charge on any atom is -0.548 e. The number of nitrogens with one attached hydrogen (secondary N) is 1. The summed E-state index contributed by atoms with van der Waals surface area (Å²) in [6.07, 6.45) is 3.85. The third-order valence-corrected chi connectivity index (χ3v) is 6.47. The minimum atomic E-state index is -1.19. The summed E-state index contributed by atoms with van der Waals surface area (Å²) in [6, 6.07) is -1.32. The number of hydrogen-bond donors (Lipinski definition) is 1. The Labute approximate surface area is 183 Å². The number of likely N-dealkylation sites (tertiary alicyclic amines) is 1.